The molecule has 0 aliphatic carbocycles. The van der Waals surface area contributed by atoms with E-state index < -0.39 is 23.8 Å². The molecule has 4 aromatic rings. The van der Waals surface area contributed by atoms with Gasteiger partial charge in [-0.1, -0.05) is 42.5 Å². The van der Waals surface area contributed by atoms with Gasteiger partial charge in [-0.2, -0.15) is 13.2 Å². The molecule has 1 N–H and O–H groups in total. The van der Waals surface area contributed by atoms with Gasteiger partial charge in [0.1, 0.15) is 0 Å². The number of alkyl halides is 3. The standard InChI is InChI=1S/C27H22F3N3OS/c1-35-20-14-12-18(13-15-20)25-24-11-6-16-32(24)23-10-5-2-7-19(23)17-33(25)26(34)31-22-9-4-3-8-21(22)27(28,29)30/h2-16,25H,17H2,1H3,(H,31,34)/t25-/m1/s1. The maximum atomic E-state index is 13.7. The van der Waals surface area contributed by atoms with Crippen LogP contribution in [-0.2, 0) is 12.7 Å². The third kappa shape index (κ3) is 4.41. The Hall–Kier alpha value is -3.65. The first kappa shape index (κ1) is 23.1. The van der Waals surface area contributed by atoms with Crippen LogP contribution in [0.2, 0.25) is 0 Å². The number of benzene rings is 3. The number of rotatable bonds is 3. The van der Waals surface area contributed by atoms with E-state index in [-0.39, 0.29) is 12.2 Å². The lowest BCUT2D eigenvalue weighted by atomic mass is 10.0. The Morgan fingerprint density at radius 2 is 1.66 bits per heavy atom. The Kier molecular flexibility index (Phi) is 6.06. The van der Waals surface area contributed by atoms with Gasteiger partial charge in [0, 0.05) is 16.8 Å². The van der Waals surface area contributed by atoms with Crippen LogP contribution in [0.3, 0.4) is 0 Å². The first-order chi connectivity index (χ1) is 16.9. The third-order valence-electron chi connectivity index (χ3n) is 6.13. The van der Waals surface area contributed by atoms with Crippen molar-refractivity contribution in [2.24, 2.45) is 0 Å². The van der Waals surface area contributed by atoms with Crippen LogP contribution in [0.5, 0.6) is 0 Å². The van der Waals surface area contributed by atoms with E-state index in [2.05, 4.69) is 5.32 Å². The summed E-state index contributed by atoms with van der Waals surface area (Å²) in [4.78, 5) is 16.4. The third-order valence-corrected chi connectivity index (χ3v) is 6.87. The van der Waals surface area contributed by atoms with Crippen molar-refractivity contribution in [1.82, 2.24) is 9.47 Å². The van der Waals surface area contributed by atoms with Gasteiger partial charge in [-0.25, -0.2) is 4.79 Å². The van der Waals surface area contributed by atoms with Crippen LogP contribution in [0.1, 0.15) is 28.4 Å². The Balaban J connectivity index is 1.62. The number of anilines is 1. The number of aromatic nitrogens is 1. The molecule has 3 aromatic carbocycles. The summed E-state index contributed by atoms with van der Waals surface area (Å²) in [7, 11) is 0. The van der Waals surface area contributed by atoms with Gasteiger partial charge in [-0.3, -0.25) is 0 Å². The molecule has 1 aliphatic heterocycles. The number of urea groups is 1. The second-order valence-electron chi connectivity index (χ2n) is 8.21. The molecule has 2 amide bonds. The molecule has 5 rings (SSSR count). The van der Waals surface area contributed by atoms with Gasteiger partial charge in [0.25, 0.3) is 0 Å². The number of thioether (sulfide) groups is 1. The quantitative estimate of drug-likeness (QED) is 0.303. The molecule has 0 bridgehead atoms. The number of hydrogen-bond acceptors (Lipinski definition) is 2. The summed E-state index contributed by atoms with van der Waals surface area (Å²) in [5.74, 6) is 0. The second-order valence-corrected chi connectivity index (χ2v) is 9.09. The Morgan fingerprint density at radius 1 is 0.943 bits per heavy atom. The van der Waals surface area contributed by atoms with E-state index >= 15 is 0 Å². The van der Waals surface area contributed by atoms with E-state index in [0.717, 1.165) is 33.5 Å². The SMILES string of the molecule is CSc1ccc([C@@H]2c3cccn3-c3ccccc3CN2C(=O)Nc2ccccc2C(F)(F)F)cc1. The van der Waals surface area contributed by atoms with Crippen LogP contribution in [0.15, 0.2) is 96.0 Å². The van der Waals surface area contributed by atoms with Crippen molar-refractivity contribution >= 4 is 23.5 Å². The number of para-hydroxylation sites is 2. The number of hydrogen-bond donors (Lipinski definition) is 1. The molecule has 1 atom stereocenters. The first-order valence-electron chi connectivity index (χ1n) is 11.0. The van der Waals surface area contributed by atoms with Crippen molar-refractivity contribution in [3.05, 3.63) is 114 Å². The van der Waals surface area contributed by atoms with Crippen molar-refractivity contribution in [1.29, 1.82) is 0 Å². The molecule has 8 heteroatoms. The number of halogens is 3. The molecule has 178 valence electrons. The highest BCUT2D eigenvalue weighted by atomic mass is 32.2. The molecular weight excluding hydrogens is 471 g/mol. The molecule has 0 fully saturated rings. The molecule has 2 heterocycles. The molecule has 0 unspecified atom stereocenters. The normalized spacial score (nSPS) is 15.2. The molecule has 0 saturated heterocycles. The fourth-order valence-corrected chi connectivity index (χ4v) is 4.91. The first-order valence-corrected chi connectivity index (χ1v) is 12.2. The Labute approximate surface area is 205 Å². The maximum Gasteiger partial charge on any atom is 0.418 e. The van der Waals surface area contributed by atoms with Crippen LogP contribution in [0.25, 0.3) is 5.69 Å². The average molecular weight is 494 g/mol. The van der Waals surface area contributed by atoms with Crippen molar-refractivity contribution in [3.63, 3.8) is 0 Å². The summed E-state index contributed by atoms with van der Waals surface area (Å²) in [6.45, 7) is 0.229. The predicted octanol–water partition coefficient (Wildman–Crippen LogP) is 7.36. The topological polar surface area (TPSA) is 37.3 Å². The smallest absolute Gasteiger partial charge is 0.318 e. The maximum absolute atomic E-state index is 13.7. The summed E-state index contributed by atoms with van der Waals surface area (Å²) in [6, 6.07) is 23.4. The number of nitrogens with zero attached hydrogens (tertiary/aromatic N) is 2. The molecular formula is C27H22F3N3OS. The highest BCUT2D eigenvalue weighted by Crippen LogP contribution is 2.39. The van der Waals surface area contributed by atoms with Crippen molar-refractivity contribution in [2.75, 3.05) is 11.6 Å². The minimum absolute atomic E-state index is 0.229. The highest BCUT2D eigenvalue weighted by Gasteiger charge is 2.36. The van der Waals surface area contributed by atoms with Gasteiger partial charge in [0.05, 0.1) is 29.5 Å². The Morgan fingerprint density at radius 3 is 2.40 bits per heavy atom. The molecule has 0 saturated carbocycles. The molecule has 35 heavy (non-hydrogen) atoms. The average Bonchev–Trinajstić information content (AvgIpc) is 3.28. The van der Waals surface area contributed by atoms with Crippen LogP contribution in [0.4, 0.5) is 23.7 Å². The molecule has 1 aliphatic rings. The predicted molar refractivity (Wildman–Crippen MR) is 132 cm³/mol. The number of carbonyl (C=O) groups is 1. The van der Waals surface area contributed by atoms with E-state index in [1.807, 2.05) is 77.7 Å². The summed E-state index contributed by atoms with van der Waals surface area (Å²) in [5, 5.41) is 2.54. The van der Waals surface area contributed by atoms with Crippen LogP contribution in [0, 0.1) is 0 Å². The van der Waals surface area contributed by atoms with E-state index in [9.17, 15) is 18.0 Å². The van der Waals surface area contributed by atoms with Crippen molar-refractivity contribution in [3.8, 4) is 5.69 Å². The highest BCUT2D eigenvalue weighted by molar-refractivity contribution is 7.98. The monoisotopic (exact) mass is 493 g/mol. The van der Waals surface area contributed by atoms with E-state index in [4.69, 9.17) is 0 Å². The van der Waals surface area contributed by atoms with Crippen LogP contribution >= 0.6 is 11.8 Å². The van der Waals surface area contributed by atoms with Gasteiger partial charge in [-0.05, 0) is 59.8 Å². The van der Waals surface area contributed by atoms with Crippen molar-refractivity contribution < 1.29 is 18.0 Å². The zero-order valence-electron chi connectivity index (χ0n) is 18.8. The fourth-order valence-electron chi connectivity index (χ4n) is 4.50. The Bertz CT molecular complexity index is 1360. The summed E-state index contributed by atoms with van der Waals surface area (Å²) in [5.41, 5.74) is 2.40. The van der Waals surface area contributed by atoms with Gasteiger partial charge >= 0.3 is 12.2 Å². The summed E-state index contributed by atoms with van der Waals surface area (Å²) >= 11 is 1.61. The van der Waals surface area contributed by atoms with Crippen LogP contribution in [-0.4, -0.2) is 21.8 Å². The lowest BCUT2D eigenvalue weighted by molar-refractivity contribution is -0.136. The largest absolute Gasteiger partial charge is 0.418 e. The zero-order valence-corrected chi connectivity index (χ0v) is 19.6. The zero-order chi connectivity index (χ0) is 24.6. The molecule has 0 spiro atoms. The summed E-state index contributed by atoms with van der Waals surface area (Å²) < 4.78 is 42.8. The van der Waals surface area contributed by atoms with Gasteiger partial charge in [-0.15, -0.1) is 11.8 Å². The van der Waals surface area contributed by atoms with E-state index in [0.29, 0.717) is 0 Å². The minimum Gasteiger partial charge on any atom is -0.318 e. The van der Waals surface area contributed by atoms with E-state index in [1.54, 1.807) is 16.7 Å². The van der Waals surface area contributed by atoms with Gasteiger partial charge in [0.2, 0.25) is 0 Å². The molecule has 0 radical (unpaired) electrons. The fraction of sp³-hybridized carbons (Fsp3) is 0.148. The lowest BCUT2D eigenvalue weighted by Gasteiger charge is -2.31. The van der Waals surface area contributed by atoms with Crippen LogP contribution < -0.4 is 5.32 Å². The number of amides is 2. The van der Waals surface area contributed by atoms with E-state index in [1.165, 1.54) is 18.2 Å². The number of nitrogens with one attached hydrogen (secondary N) is 1. The molecule has 1 aromatic heterocycles. The number of carbonyl (C=O) groups excluding carboxylic acids is 1. The van der Waals surface area contributed by atoms with Crippen molar-refractivity contribution in [2.45, 2.75) is 23.7 Å². The number of fused-ring (bicyclic) bond motifs is 3. The van der Waals surface area contributed by atoms with Gasteiger partial charge < -0.3 is 14.8 Å². The summed E-state index contributed by atoms with van der Waals surface area (Å²) in [6.07, 6.45) is -0.658. The minimum atomic E-state index is -4.59. The molecule has 4 nitrogen and oxygen atoms in total. The lowest BCUT2D eigenvalue weighted by Crippen LogP contribution is -2.38. The van der Waals surface area contributed by atoms with Gasteiger partial charge in [0.15, 0.2) is 0 Å². The second kappa shape index (κ2) is 9.19.